The monoisotopic (exact) mass is 356 g/mol. The molecule has 6 nitrogen and oxygen atoms in total. The zero-order valence-corrected chi connectivity index (χ0v) is 14.6. The van der Waals surface area contributed by atoms with Crippen LogP contribution in [0.5, 0.6) is 0 Å². The minimum absolute atomic E-state index is 0.176. The molecule has 9 heteroatoms. The molecule has 0 aliphatic carbocycles. The average molecular weight is 357 g/mol. The maximum absolute atomic E-state index is 10.7. The Bertz CT molecular complexity index is 388. The highest BCUT2D eigenvalue weighted by Gasteiger charge is 2.34. The Labute approximate surface area is 139 Å². The molecule has 0 aromatic carbocycles. The van der Waals surface area contributed by atoms with Crippen molar-refractivity contribution in [3.05, 3.63) is 0 Å². The average Bonchev–Trinajstić information content (AvgIpc) is 2.95. The lowest BCUT2D eigenvalue weighted by atomic mass is 10.1. The molecule has 2 heterocycles. The van der Waals surface area contributed by atoms with Gasteiger partial charge in [-0.05, 0) is 19.6 Å². The molecule has 0 spiro atoms. The predicted molar refractivity (Wildman–Crippen MR) is 87.7 cm³/mol. The van der Waals surface area contributed by atoms with Crippen LogP contribution in [-0.2, 0) is 9.47 Å². The van der Waals surface area contributed by atoms with Gasteiger partial charge < -0.3 is 20.1 Å². The third-order valence-electron chi connectivity index (χ3n) is 2.80. The Morgan fingerprint density at radius 1 is 1.19 bits per heavy atom. The third kappa shape index (κ3) is 6.44. The summed E-state index contributed by atoms with van der Waals surface area (Å²) >= 11 is 11.4. The van der Waals surface area contributed by atoms with E-state index < -0.39 is 0 Å². The van der Waals surface area contributed by atoms with E-state index in [1.165, 1.54) is 0 Å². The van der Waals surface area contributed by atoms with Crippen LogP contribution >= 0.6 is 36.0 Å². The highest BCUT2D eigenvalue weighted by atomic mass is 35.5. The van der Waals surface area contributed by atoms with E-state index in [9.17, 15) is 9.59 Å². The number of nitrogens with one attached hydrogen (secondary N) is 2. The van der Waals surface area contributed by atoms with Gasteiger partial charge in [-0.15, -0.1) is 11.6 Å². The summed E-state index contributed by atoms with van der Waals surface area (Å²) in [5, 5.41) is 5.37. The number of ether oxygens (including phenoxy) is 2. The number of thiol groups is 1. The molecule has 2 N–H and O–H groups in total. The number of carbonyl (C=O) groups is 2. The SMILES string of the molecule is CC1(CCl)COC(=O)N1.CC1(CSCCS)COC(=O)N1. The fourth-order valence-corrected chi connectivity index (χ4v) is 3.01. The normalized spacial score (nSPS) is 30.7. The van der Waals surface area contributed by atoms with Gasteiger partial charge in [-0.1, -0.05) is 0 Å². The van der Waals surface area contributed by atoms with Crippen molar-refractivity contribution in [1.82, 2.24) is 10.6 Å². The van der Waals surface area contributed by atoms with Crippen LogP contribution in [0.15, 0.2) is 0 Å². The third-order valence-corrected chi connectivity index (χ3v) is 5.25. The molecule has 0 aromatic rings. The number of hydrogen-bond acceptors (Lipinski definition) is 6. The van der Waals surface area contributed by atoms with Crippen LogP contribution in [0.3, 0.4) is 0 Å². The van der Waals surface area contributed by atoms with Gasteiger partial charge in [0.25, 0.3) is 0 Å². The van der Waals surface area contributed by atoms with Crippen LogP contribution < -0.4 is 10.6 Å². The molecule has 2 saturated heterocycles. The van der Waals surface area contributed by atoms with Gasteiger partial charge in [0.1, 0.15) is 13.2 Å². The zero-order valence-electron chi connectivity index (χ0n) is 12.1. The van der Waals surface area contributed by atoms with Crippen molar-refractivity contribution < 1.29 is 19.1 Å². The number of alkyl halides is 1. The number of rotatable bonds is 5. The summed E-state index contributed by atoms with van der Waals surface area (Å²) in [6.07, 6.45) is -0.679. The predicted octanol–water partition coefficient (Wildman–Crippen LogP) is 1.87. The molecule has 2 aliphatic heterocycles. The van der Waals surface area contributed by atoms with Gasteiger partial charge in [0.2, 0.25) is 0 Å². The molecule has 122 valence electrons. The smallest absolute Gasteiger partial charge is 0.407 e. The number of thioether (sulfide) groups is 1. The lowest BCUT2D eigenvalue weighted by Crippen LogP contribution is -2.42. The van der Waals surface area contributed by atoms with Crippen LogP contribution in [0.1, 0.15) is 13.8 Å². The summed E-state index contributed by atoms with van der Waals surface area (Å²) in [6.45, 7) is 4.68. The fourth-order valence-electron chi connectivity index (χ4n) is 1.60. The van der Waals surface area contributed by atoms with Crippen molar-refractivity contribution in [3.8, 4) is 0 Å². The number of cyclic esters (lactones) is 2. The Balaban J connectivity index is 0.000000219. The zero-order chi connectivity index (χ0) is 15.9. The van der Waals surface area contributed by atoms with Gasteiger partial charge in [0.15, 0.2) is 0 Å². The minimum Gasteiger partial charge on any atom is -0.447 e. The van der Waals surface area contributed by atoms with Crippen LogP contribution in [-0.4, -0.2) is 59.6 Å². The summed E-state index contributed by atoms with van der Waals surface area (Å²) in [5.74, 6) is 3.15. The molecule has 2 fully saturated rings. The quantitative estimate of drug-likeness (QED) is 0.398. The van der Waals surface area contributed by atoms with Crippen LogP contribution in [0, 0.1) is 0 Å². The first-order valence-corrected chi connectivity index (χ1v) is 8.79. The highest BCUT2D eigenvalue weighted by molar-refractivity contribution is 8.00. The van der Waals surface area contributed by atoms with E-state index in [0.29, 0.717) is 19.1 Å². The van der Waals surface area contributed by atoms with E-state index in [4.69, 9.17) is 16.3 Å². The number of alkyl carbamates (subject to hydrolysis) is 2. The number of hydrogen-bond donors (Lipinski definition) is 3. The lowest BCUT2D eigenvalue weighted by molar-refractivity contribution is 0.173. The molecule has 0 aromatic heterocycles. The number of halogens is 1. The van der Waals surface area contributed by atoms with E-state index >= 15 is 0 Å². The Hall–Kier alpha value is -0.470. The molecule has 2 atom stereocenters. The molecule has 2 amide bonds. The maximum Gasteiger partial charge on any atom is 0.407 e. The number of carbonyl (C=O) groups excluding carboxylic acids is 2. The summed E-state index contributed by atoms with van der Waals surface area (Å²) in [5.41, 5.74) is -0.524. The van der Waals surface area contributed by atoms with Crippen molar-refractivity contribution >= 4 is 48.2 Å². The Kier molecular flexibility index (Phi) is 7.29. The molecule has 2 aliphatic rings. The van der Waals surface area contributed by atoms with Crippen molar-refractivity contribution in [2.45, 2.75) is 24.9 Å². The molecule has 2 rings (SSSR count). The van der Waals surface area contributed by atoms with Crippen molar-refractivity contribution in [2.75, 3.05) is 36.4 Å². The van der Waals surface area contributed by atoms with Crippen molar-refractivity contribution in [1.29, 1.82) is 0 Å². The van der Waals surface area contributed by atoms with Crippen molar-refractivity contribution in [3.63, 3.8) is 0 Å². The van der Waals surface area contributed by atoms with Gasteiger partial charge >= 0.3 is 12.2 Å². The van der Waals surface area contributed by atoms with E-state index in [1.807, 2.05) is 13.8 Å². The molecular formula is C12H21ClN2O4S2. The van der Waals surface area contributed by atoms with E-state index in [1.54, 1.807) is 11.8 Å². The first-order chi connectivity index (χ1) is 9.82. The van der Waals surface area contributed by atoms with Crippen LogP contribution in [0.4, 0.5) is 9.59 Å². The minimum atomic E-state index is -0.377. The Morgan fingerprint density at radius 2 is 1.71 bits per heavy atom. The van der Waals surface area contributed by atoms with Crippen LogP contribution in [0.2, 0.25) is 0 Å². The molecule has 0 radical (unpaired) electrons. The fraction of sp³-hybridized carbons (Fsp3) is 0.833. The van der Waals surface area contributed by atoms with Crippen molar-refractivity contribution in [2.24, 2.45) is 0 Å². The van der Waals surface area contributed by atoms with Gasteiger partial charge in [0.05, 0.1) is 11.1 Å². The van der Waals surface area contributed by atoms with Gasteiger partial charge in [-0.2, -0.15) is 24.4 Å². The van der Waals surface area contributed by atoms with E-state index in [2.05, 4.69) is 28.0 Å². The first kappa shape index (κ1) is 18.6. The largest absolute Gasteiger partial charge is 0.447 e. The second-order valence-corrected chi connectivity index (χ2v) is 7.25. The molecule has 0 saturated carbocycles. The van der Waals surface area contributed by atoms with Crippen LogP contribution in [0.25, 0.3) is 0 Å². The molecule has 21 heavy (non-hydrogen) atoms. The second kappa shape index (κ2) is 8.24. The topological polar surface area (TPSA) is 76.7 Å². The van der Waals surface area contributed by atoms with Gasteiger partial charge in [0, 0.05) is 17.4 Å². The number of amides is 2. The standard InChI is InChI=1S/C7H13NO2S2.C5H8ClNO2/c1-7(5-12-3-2-11)4-10-6(9)8-7;1-5(2-6)3-9-4(8)7-5/h11H,2-5H2,1H3,(H,8,9);2-3H2,1H3,(H,7,8). The van der Waals surface area contributed by atoms with Gasteiger partial charge in [-0.25, -0.2) is 9.59 Å². The first-order valence-electron chi connectivity index (χ1n) is 6.47. The summed E-state index contributed by atoms with van der Waals surface area (Å²) in [7, 11) is 0. The van der Waals surface area contributed by atoms with E-state index in [-0.39, 0.29) is 23.3 Å². The van der Waals surface area contributed by atoms with E-state index in [0.717, 1.165) is 17.3 Å². The summed E-state index contributed by atoms with van der Waals surface area (Å²) in [4.78, 5) is 21.2. The molecular weight excluding hydrogens is 336 g/mol. The highest BCUT2D eigenvalue weighted by Crippen LogP contribution is 2.18. The maximum atomic E-state index is 10.7. The van der Waals surface area contributed by atoms with Gasteiger partial charge in [-0.3, -0.25) is 0 Å². The Morgan fingerprint density at radius 3 is 2.05 bits per heavy atom. The summed E-state index contributed by atoms with van der Waals surface area (Å²) in [6, 6.07) is 0. The molecule has 2 unspecified atom stereocenters. The molecule has 0 bridgehead atoms. The summed E-state index contributed by atoms with van der Waals surface area (Å²) < 4.78 is 9.44. The second-order valence-electron chi connectivity index (χ2n) is 5.43. The lowest BCUT2D eigenvalue weighted by Gasteiger charge is -2.19.